The number of hydrogen-bond acceptors (Lipinski definition) is 5. The van der Waals surface area contributed by atoms with Gasteiger partial charge in [0.2, 0.25) is 10.0 Å². The third kappa shape index (κ3) is 4.63. The standard InChI is InChI=1S/C21H24N4O5S2/c1-24-12-3-7-20(24)23-32(29,30)19-6-2-5-17(15-19)22-21(26)16-8-10-18(11-9-16)25-13-4-14-31(25,27)28/h2,5-6,8-11,15H,3-4,7,12-14H2,1H3,(H,22,26)/b23-20+. The highest BCUT2D eigenvalue weighted by Gasteiger charge is 2.28. The van der Waals surface area contributed by atoms with Gasteiger partial charge in [0.25, 0.3) is 15.9 Å². The molecule has 1 N–H and O–H groups in total. The van der Waals surface area contributed by atoms with Crippen molar-refractivity contribution in [1.29, 1.82) is 0 Å². The van der Waals surface area contributed by atoms with Gasteiger partial charge in [0.15, 0.2) is 0 Å². The number of sulfonamides is 2. The molecular formula is C21H24N4O5S2. The Hall–Kier alpha value is -2.92. The number of amidine groups is 1. The van der Waals surface area contributed by atoms with Crippen LogP contribution in [0.2, 0.25) is 0 Å². The van der Waals surface area contributed by atoms with Gasteiger partial charge >= 0.3 is 0 Å². The fourth-order valence-electron chi connectivity index (χ4n) is 3.75. The van der Waals surface area contributed by atoms with E-state index in [4.69, 9.17) is 0 Å². The minimum absolute atomic E-state index is 0.00214. The molecule has 0 spiro atoms. The first-order valence-corrected chi connectivity index (χ1v) is 13.3. The van der Waals surface area contributed by atoms with Crippen LogP contribution in [0.25, 0.3) is 0 Å². The highest BCUT2D eigenvalue weighted by atomic mass is 32.2. The minimum Gasteiger partial charge on any atom is -0.362 e. The summed E-state index contributed by atoms with van der Waals surface area (Å²) in [5.41, 5.74) is 1.16. The zero-order valence-corrected chi connectivity index (χ0v) is 19.2. The summed E-state index contributed by atoms with van der Waals surface area (Å²) in [6.07, 6.45) is 2.05. The number of carbonyl (C=O) groups excluding carboxylic acids is 1. The molecule has 0 aromatic heterocycles. The quantitative estimate of drug-likeness (QED) is 0.708. The summed E-state index contributed by atoms with van der Waals surface area (Å²) >= 11 is 0. The van der Waals surface area contributed by atoms with Crippen LogP contribution in [-0.2, 0) is 20.0 Å². The van der Waals surface area contributed by atoms with E-state index in [0.29, 0.717) is 42.2 Å². The lowest BCUT2D eigenvalue weighted by Gasteiger charge is -2.17. The number of amides is 1. The summed E-state index contributed by atoms with van der Waals surface area (Å²) in [5.74, 6) is 0.216. The van der Waals surface area contributed by atoms with Crippen LogP contribution in [0.1, 0.15) is 29.6 Å². The maximum Gasteiger partial charge on any atom is 0.284 e. The Morgan fingerprint density at radius 1 is 1.06 bits per heavy atom. The zero-order valence-electron chi connectivity index (χ0n) is 17.6. The second kappa shape index (κ2) is 8.55. The Bertz CT molecular complexity index is 1270. The monoisotopic (exact) mass is 476 g/mol. The number of rotatable bonds is 5. The molecule has 2 aliphatic heterocycles. The average molecular weight is 477 g/mol. The summed E-state index contributed by atoms with van der Waals surface area (Å²) in [5, 5.41) is 2.68. The third-order valence-electron chi connectivity index (χ3n) is 5.47. The SMILES string of the molecule is CN1CCC/C1=N\S(=O)(=O)c1cccc(NC(=O)c2ccc(N3CCCS3(=O)=O)cc2)c1. The molecule has 2 aromatic carbocycles. The molecule has 0 bridgehead atoms. The second-order valence-corrected chi connectivity index (χ2v) is 11.4. The summed E-state index contributed by atoms with van der Waals surface area (Å²) < 4.78 is 54.7. The van der Waals surface area contributed by atoms with E-state index in [-0.39, 0.29) is 10.6 Å². The van der Waals surface area contributed by atoms with Crippen molar-refractivity contribution in [3.63, 3.8) is 0 Å². The summed E-state index contributed by atoms with van der Waals surface area (Å²) in [6, 6.07) is 12.2. The van der Waals surface area contributed by atoms with Gasteiger partial charge in [0.1, 0.15) is 5.84 Å². The molecule has 0 radical (unpaired) electrons. The second-order valence-electron chi connectivity index (χ2n) is 7.78. The van der Waals surface area contributed by atoms with E-state index < -0.39 is 26.0 Å². The van der Waals surface area contributed by atoms with E-state index in [0.717, 1.165) is 13.0 Å². The Morgan fingerprint density at radius 2 is 1.81 bits per heavy atom. The fraction of sp³-hybridized carbons (Fsp3) is 0.333. The number of anilines is 2. The minimum atomic E-state index is -3.89. The van der Waals surface area contributed by atoms with Gasteiger partial charge in [-0.15, -0.1) is 4.40 Å². The van der Waals surface area contributed by atoms with Gasteiger partial charge < -0.3 is 10.2 Å². The third-order valence-corrected chi connectivity index (χ3v) is 8.64. The van der Waals surface area contributed by atoms with E-state index >= 15 is 0 Å². The zero-order chi connectivity index (χ0) is 22.9. The number of hydrogen-bond donors (Lipinski definition) is 1. The van der Waals surface area contributed by atoms with Gasteiger partial charge in [-0.3, -0.25) is 9.10 Å². The molecule has 170 valence electrons. The van der Waals surface area contributed by atoms with E-state index in [1.54, 1.807) is 36.4 Å². The van der Waals surface area contributed by atoms with Gasteiger partial charge in [-0.25, -0.2) is 8.42 Å². The lowest BCUT2D eigenvalue weighted by molar-refractivity contribution is 0.102. The highest BCUT2D eigenvalue weighted by Crippen LogP contribution is 2.25. The van der Waals surface area contributed by atoms with E-state index in [2.05, 4.69) is 9.71 Å². The van der Waals surface area contributed by atoms with Crippen molar-refractivity contribution in [3.05, 3.63) is 54.1 Å². The van der Waals surface area contributed by atoms with Crippen molar-refractivity contribution in [2.45, 2.75) is 24.2 Å². The number of carbonyl (C=O) groups is 1. The van der Waals surface area contributed by atoms with Crippen LogP contribution in [0, 0.1) is 0 Å². The van der Waals surface area contributed by atoms with Crippen molar-refractivity contribution < 1.29 is 21.6 Å². The smallest absolute Gasteiger partial charge is 0.284 e. The molecular weight excluding hydrogens is 452 g/mol. The van der Waals surface area contributed by atoms with Crippen LogP contribution in [-0.4, -0.2) is 59.4 Å². The molecule has 2 heterocycles. The van der Waals surface area contributed by atoms with Crippen molar-refractivity contribution in [2.24, 2.45) is 4.40 Å². The maximum atomic E-state index is 12.7. The van der Waals surface area contributed by atoms with Gasteiger partial charge in [-0.1, -0.05) is 6.07 Å². The molecule has 4 rings (SSSR count). The van der Waals surface area contributed by atoms with Crippen LogP contribution in [0.3, 0.4) is 0 Å². The molecule has 9 nitrogen and oxygen atoms in total. The van der Waals surface area contributed by atoms with E-state index in [1.165, 1.54) is 16.4 Å². The molecule has 0 unspecified atom stereocenters. The summed E-state index contributed by atoms with van der Waals surface area (Å²) in [7, 11) is -5.38. The van der Waals surface area contributed by atoms with Crippen LogP contribution in [0.15, 0.2) is 57.8 Å². The Morgan fingerprint density at radius 3 is 2.44 bits per heavy atom. The average Bonchev–Trinajstić information content (AvgIpc) is 3.32. The molecule has 0 saturated carbocycles. The molecule has 0 atom stereocenters. The van der Waals surface area contributed by atoms with Crippen LogP contribution >= 0.6 is 0 Å². The molecule has 0 aliphatic carbocycles. The molecule has 2 fully saturated rings. The maximum absolute atomic E-state index is 12.7. The number of nitrogens with zero attached hydrogens (tertiary/aromatic N) is 3. The number of likely N-dealkylation sites (tertiary alicyclic amines) is 1. The first kappa shape index (κ1) is 22.3. The van der Waals surface area contributed by atoms with E-state index in [1.807, 2.05) is 11.9 Å². The van der Waals surface area contributed by atoms with Gasteiger partial charge in [0, 0.05) is 37.8 Å². The normalized spacial score (nSPS) is 19.5. The van der Waals surface area contributed by atoms with Crippen molar-refractivity contribution in [1.82, 2.24) is 4.90 Å². The van der Waals surface area contributed by atoms with Crippen LogP contribution < -0.4 is 9.62 Å². The van der Waals surface area contributed by atoms with Crippen LogP contribution in [0.5, 0.6) is 0 Å². The summed E-state index contributed by atoms with van der Waals surface area (Å²) in [4.78, 5) is 14.4. The molecule has 2 aromatic rings. The van der Waals surface area contributed by atoms with Crippen LogP contribution in [0.4, 0.5) is 11.4 Å². The predicted molar refractivity (Wildman–Crippen MR) is 123 cm³/mol. The lowest BCUT2D eigenvalue weighted by atomic mass is 10.2. The topological polar surface area (TPSA) is 116 Å². The van der Waals surface area contributed by atoms with Gasteiger partial charge in [0.05, 0.1) is 16.3 Å². The first-order chi connectivity index (χ1) is 15.2. The molecule has 2 saturated heterocycles. The molecule has 11 heteroatoms. The lowest BCUT2D eigenvalue weighted by Crippen LogP contribution is -2.25. The first-order valence-electron chi connectivity index (χ1n) is 10.2. The molecule has 2 aliphatic rings. The Kier molecular flexibility index (Phi) is 5.95. The van der Waals surface area contributed by atoms with E-state index in [9.17, 15) is 21.6 Å². The Balaban J connectivity index is 1.49. The highest BCUT2D eigenvalue weighted by molar-refractivity contribution is 7.93. The van der Waals surface area contributed by atoms with Gasteiger partial charge in [-0.05, 0) is 55.3 Å². The largest absolute Gasteiger partial charge is 0.362 e. The van der Waals surface area contributed by atoms with Gasteiger partial charge in [-0.2, -0.15) is 8.42 Å². The molecule has 32 heavy (non-hydrogen) atoms. The number of nitrogens with one attached hydrogen (secondary N) is 1. The Labute approximate surface area is 187 Å². The van der Waals surface area contributed by atoms with Crippen molar-refractivity contribution >= 4 is 43.2 Å². The fourth-order valence-corrected chi connectivity index (χ4v) is 6.45. The predicted octanol–water partition coefficient (Wildman–Crippen LogP) is 2.29. The number of benzene rings is 2. The molecule has 1 amide bonds. The summed E-state index contributed by atoms with van der Waals surface area (Å²) in [6.45, 7) is 1.20. The van der Waals surface area contributed by atoms with Crippen molar-refractivity contribution in [3.8, 4) is 0 Å². The van der Waals surface area contributed by atoms with Crippen molar-refractivity contribution in [2.75, 3.05) is 35.5 Å².